The molecule has 0 spiro atoms. The van der Waals surface area contributed by atoms with Crippen molar-refractivity contribution in [1.82, 2.24) is 10.2 Å². The molecule has 1 fully saturated rings. The van der Waals surface area contributed by atoms with E-state index in [9.17, 15) is 0 Å². The number of ether oxygens (including phenoxy) is 1. The van der Waals surface area contributed by atoms with Crippen LogP contribution in [0.2, 0.25) is 0 Å². The molecule has 3 nitrogen and oxygen atoms in total. The second-order valence-electron chi connectivity index (χ2n) is 2.51. The molecule has 0 aromatic carbocycles. The molecule has 1 rings (SSSR count). The van der Waals surface area contributed by atoms with Crippen LogP contribution in [0, 0.1) is 0 Å². The van der Waals surface area contributed by atoms with Crippen molar-refractivity contribution < 1.29 is 4.74 Å². The summed E-state index contributed by atoms with van der Waals surface area (Å²) in [6.07, 6.45) is -0.600. The van der Waals surface area contributed by atoms with Crippen molar-refractivity contribution in [2.75, 3.05) is 20.2 Å². The lowest BCUT2D eigenvalue weighted by Gasteiger charge is -2.29. The van der Waals surface area contributed by atoms with Gasteiger partial charge in [0.2, 0.25) is 3.79 Å². The lowest BCUT2D eigenvalue weighted by Crippen LogP contribution is -2.47. The molecule has 0 radical (unpaired) electrons. The van der Waals surface area contributed by atoms with Gasteiger partial charge in [0.25, 0.3) is 0 Å². The summed E-state index contributed by atoms with van der Waals surface area (Å²) in [5.41, 5.74) is 0. The Hall–Kier alpha value is 0.520. The Morgan fingerprint density at radius 3 is 2.69 bits per heavy atom. The number of nitrogens with zero attached hydrogens (tertiary/aromatic N) is 1. The van der Waals surface area contributed by atoms with Gasteiger partial charge in [-0.1, -0.05) is 34.8 Å². The average molecular weight is 264 g/mol. The zero-order chi connectivity index (χ0) is 10.1. The summed E-state index contributed by atoms with van der Waals surface area (Å²) in [4.78, 5) is 1.71. The molecule has 1 saturated heterocycles. The summed E-state index contributed by atoms with van der Waals surface area (Å²) in [5.74, 6) is 0. The predicted molar refractivity (Wildman–Crippen MR) is 58.4 cm³/mol. The van der Waals surface area contributed by atoms with Crippen LogP contribution in [0.15, 0.2) is 0 Å². The van der Waals surface area contributed by atoms with E-state index in [-0.39, 0.29) is 0 Å². The average Bonchev–Trinajstić information content (AvgIpc) is 2.49. The van der Waals surface area contributed by atoms with E-state index in [0.29, 0.717) is 18.3 Å². The van der Waals surface area contributed by atoms with Crippen molar-refractivity contribution in [3.05, 3.63) is 0 Å². The highest BCUT2D eigenvalue weighted by Crippen LogP contribution is 2.36. The van der Waals surface area contributed by atoms with Crippen molar-refractivity contribution >= 4 is 52.1 Å². The first-order valence-electron chi connectivity index (χ1n) is 3.63. The summed E-state index contributed by atoms with van der Waals surface area (Å²) >= 11 is 22.2. The molecule has 0 aliphatic carbocycles. The monoisotopic (exact) mass is 262 g/mol. The number of alkyl halides is 3. The largest absolute Gasteiger partial charge is 0.366 e. The Bertz CT molecular complexity index is 209. The second-order valence-corrected chi connectivity index (χ2v) is 5.27. The van der Waals surface area contributed by atoms with E-state index in [2.05, 4.69) is 5.32 Å². The molecular weight excluding hydrogens is 255 g/mol. The van der Waals surface area contributed by atoms with Crippen molar-refractivity contribution in [2.24, 2.45) is 0 Å². The quantitative estimate of drug-likeness (QED) is 0.529. The standard InChI is InChI=1S/C6H9Cl3N2OS/c1-10-5(13)11-2-3-12-4(11)6(7,8)9/h4H,2-3H2,1H3,(H,10,13). The molecule has 0 saturated carbocycles. The van der Waals surface area contributed by atoms with Crippen LogP contribution < -0.4 is 5.32 Å². The van der Waals surface area contributed by atoms with Crippen molar-refractivity contribution in [1.29, 1.82) is 0 Å². The first kappa shape index (κ1) is 11.6. The van der Waals surface area contributed by atoms with Crippen LogP contribution in [0.4, 0.5) is 0 Å². The Morgan fingerprint density at radius 1 is 1.62 bits per heavy atom. The first-order valence-corrected chi connectivity index (χ1v) is 5.17. The van der Waals surface area contributed by atoms with Crippen LogP contribution in [0.1, 0.15) is 0 Å². The van der Waals surface area contributed by atoms with E-state index in [1.54, 1.807) is 11.9 Å². The van der Waals surface area contributed by atoms with Gasteiger partial charge in [-0.25, -0.2) is 0 Å². The molecule has 0 bridgehead atoms. The van der Waals surface area contributed by atoms with Gasteiger partial charge in [0.15, 0.2) is 11.3 Å². The maximum absolute atomic E-state index is 5.71. The van der Waals surface area contributed by atoms with Gasteiger partial charge in [0.05, 0.1) is 6.61 Å². The first-order chi connectivity index (χ1) is 5.96. The van der Waals surface area contributed by atoms with E-state index in [1.807, 2.05) is 0 Å². The van der Waals surface area contributed by atoms with Crippen LogP contribution in [-0.4, -0.2) is 40.2 Å². The normalized spacial score (nSPS) is 23.4. The van der Waals surface area contributed by atoms with E-state index in [0.717, 1.165) is 0 Å². The summed E-state index contributed by atoms with van der Waals surface area (Å²) in [7, 11) is 1.72. The highest BCUT2D eigenvalue weighted by atomic mass is 35.6. The zero-order valence-electron chi connectivity index (χ0n) is 6.89. The van der Waals surface area contributed by atoms with Crippen LogP contribution in [0.25, 0.3) is 0 Å². The molecule has 1 N–H and O–H groups in total. The van der Waals surface area contributed by atoms with E-state index < -0.39 is 10.0 Å². The third kappa shape index (κ3) is 2.73. The fraction of sp³-hybridized carbons (Fsp3) is 0.833. The predicted octanol–water partition coefficient (Wildman–Crippen LogP) is 1.52. The van der Waals surface area contributed by atoms with Gasteiger partial charge in [-0.2, -0.15) is 0 Å². The fourth-order valence-corrected chi connectivity index (χ4v) is 1.82. The highest BCUT2D eigenvalue weighted by Gasteiger charge is 2.42. The van der Waals surface area contributed by atoms with Gasteiger partial charge < -0.3 is 15.0 Å². The topological polar surface area (TPSA) is 24.5 Å². The number of nitrogens with one attached hydrogen (secondary N) is 1. The second kappa shape index (κ2) is 4.36. The van der Waals surface area contributed by atoms with E-state index in [1.165, 1.54) is 0 Å². The highest BCUT2D eigenvalue weighted by molar-refractivity contribution is 7.80. The number of hydrogen-bond donors (Lipinski definition) is 1. The lowest BCUT2D eigenvalue weighted by atomic mass is 10.5. The Morgan fingerprint density at radius 2 is 2.23 bits per heavy atom. The Labute approximate surface area is 97.2 Å². The maximum Gasteiger partial charge on any atom is 0.234 e. The number of halogens is 3. The SMILES string of the molecule is CNC(=S)N1CCOC1C(Cl)(Cl)Cl. The summed E-state index contributed by atoms with van der Waals surface area (Å²) < 4.78 is 3.78. The molecular formula is C6H9Cl3N2OS. The number of thiocarbonyl (C=S) groups is 1. The minimum atomic E-state index is -1.47. The van der Waals surface area contributed by atoms with Crippen LogP contribution in [0.3, 0.4) is 0 Å². The molecule has 0 aromatic rings. The third-order valence-electron chi connectivity index (χ3n) is 1.65. The van der Waals surface area contributed by atoms with Gasteiger partial charge in [-0.15, -0.1) is 0 Å². The Balaban J connectivity index is 2.70. The molecule has 1 aliphatic rings. The summed E-state index contributed by atoms with van der Waals surface area (Å²) in [6, 6.07) is 0. The van der Waals surface area contributed by atoms with Crippen molar-refractivity contribution in [3.8, 4) is 0 Å². The maximum atomic E-state index is 5.71. The van der Waals surface area contributed by atoms with Crippen LogP contribution in [0.5, 0.6) is 0 Å². The molecule has 76 valence electrons. The van der Waals surface area contributed by atoms with Gasteiger partial charge in [0, 0.05) is 13.6 Å². The van der Waals surface area contributed by atoms with Crippen LogP contribution >= 0.6 is 47.0 Å². The molecule has 1 unspecified atom stereocenters. The minimum Gasteiger partial charge on any atom is -0.366 e. The number of rotatable bonds is 0. The van der Waals surface area contributed by atoms with Gasteiger partial charge in [-0.3, -0.25) is 0 Å². The molecule has 0 aromatic heterocycles. The fourth-order valence-electron chi connectivity index (χ4n) is 1.09. The summed E-state index contributed by atoms with van der Waals surface area (Å²) in [6.45, 7) is 1.15. The smallest absolute Gasteiger partial charge is 0.234 e. The third-order valence-corrected chi connectivity index (χ3v) is 2.64. The van der Waals surface area contributed by atoms with Gasteiger partial charge in [-0.05, 0) is 12.2 Å². The summed E-state index contributed by atoms with van der Waals surface area (Å²) in [5, 5.41) is 3.33. The van der Waals surface area contributed by atoms with Crippen molar-refractivity contribution in [3.63, 3.8) is 0 Å². The molecule has 7 heteroatoms. The number of hydrogen-bond acceptors (Lipinski definition) is 2. The molecule has 0 amide bonds. The van der Waals surface area contributed by atoms with E-state index >= 15 is 0 Å². The minimum absolute atomic E-state index is 0.514. The zero-order valence-corrected chi connectivity index (χ0v) is 9.97. The van der Waals surface area contributed by atoms with E-state index in [4.69, 9.17) is 51.8 Å². The van der Waals surface area contributed by atoms with Crippen LogP contribution in [-0.2, 0) is 4.74 Å². The lowest BCUT2D eigenvalue weighted by molar-refractivity contribution is 0.0669. The molecule has 13 heavy (non-hydrogen) atoms. The molecule has 1 aliphatic heterocycles. The van der Waals surface area contributed by atoms with Gasteiger partial charge in [0.1, 0.15) is 0 Å². The van der Waals surface area contributed by atoms with Crippen molar-refractivity contribution in [2.45, 2.75) is 10.0 Å². The van der Waals surface area contributed by atoms with Gasteiger partial charge >= 0.3 is 0 Å². The molecule has 1 atom stereocenters. The Kier molecular flexibility index (Phi) is 3.89. The molecule has 1 heterocycles.